The Morgan fingerprint density at radius 2 is 1.61 bits per heavy atom. The van der Waals surface area contributed by atoms with E-state index in [1.807, 2.05) is 0 Å². The minimum absolute atomic E-state index is 0.0567. The smallest absolute Gasteiger partial charge is 0.329 e. The Kier molecular flexibility index (Phi) is 6.79. The van der Waals surface area contributed by atoms with Gasteiger partial charge in [-0.3, -0.25) is 14.6 Å². The second kappa shape index (κ2) is 10.9. The molecule has 1 aliphatic carbocycles. The number of allylic oxidation sites excluding steroid dienone is 2. The quantitative estimate of drug-likeness (QED) is 0.326. The topological polar surface area (TPSA) is 74.8 Å². The van der Waals surface area contributed by atoms with Gasteiger partial charge in [-0.1, -0.05) is 41.5 Å². The molecule has 8 aliphatic rings. The lowest BCUT2D eigenvalue weighted by Gasteiger charge is -2.65. The van der Waals surface area contributed by atoms with Gasteiger partial charge in [-0.15, -0.1) is 0 Å². The number of likely N-dealkylation sites (N-methyl/N-ethyl adjacent to an activating group) is 1. The Bertz CT molecular complexity index is 1920. The third-order valence-corrected chi connectivity index (χ3v) is 15.3. The molecule has 9 nitrogen and oxygen atoms in total. The van der Waals surface area contributed by atoms with E-state index in [1.54, 1.807) is 14.2 Å². The number of benzene rings is 2. The fourth-order valence-corrected chi connectivity index (χ4v) is 13.7. The Labute approximate surface area is 301 Å². The highest BCUT2D eigenvalue weighted by atomic mass is 16.5. The van der Waals surface area contributed by atoms with Crippen molar-refractivity contribution in [1.82, 2.24) is 9.80 Å². The van der Waals surface area contributed by atoms with E-state index >= 15 is 0 Å². The molecule has 0 spiro atoms. The standard InChI is InChI=1S/C42H50N4O5/c1-7-23-21-44-16-14-41-29-19-30(34(49-4)20-32(29)43(3)38(41)33(44)17-26(23)36(41)39(47)50-5)42-28-13-15-45-22-24(8-2)27(18-35(42)45)37(40(48)51-6)46(42)31-12-10-9-11-25(28)31/h7-12,19-20,26-28,33,35-38H,13-18,21-22H2,1-6H3/b23-7+,24-8+/t26-,27+,28-,33+,35+,36+,37+,38+,41+,42-/m1/s1. The van der Waals surface area contributed by atoms with Crippen molar-refractivity contribution in [2.24, 2.45) is 17.8 Å². The summed E-state index contributed by atoms with van der Waals surface area (Å²) in [6.45, 7) is 7.99. The molecule has 1 saturated carbocycles. The number of methoxy groups -OCH3 is 3. The van der Waals surface area contributed by atoms with Gasteiger partial charge in [0.15, 0.2) is 0 Å². The van der Waals surface area contributed by atoms with Crippen LogP contribution in [0.25, 0.3) is 0 Å². The SMILES string of the molecule is C/C=C1\CN2CC[C@@]34c5cc([C@]67[C@@H]8CCN9C/C(=C\C)[C@H](C[C@H]96)[C@@H](C(=O)OC)N7c6ccccc68)c(OC)cc5N(C)[C@H]3[C@@H]2C[C@H]1[C@H]4C(=O)OC. The van der Waals surface area contributed by atoms with E-state index in [0.29, 0.717) is 6.04 Å². The molecule has 9 heteroatoms. The summed E-state index contributed by atoms with van der Waals surface area (Å²) in [5.41, 5.74) is 7.72. The second-order valence-corrected chi connectivity index (χ2v) is 16.4. The average Bonchev–Trinajstić information content (AvgIpc) is 3.60. The van der Waals surface area contributed by atoms with Gasteiger partial charge >= 0.3 is 11.9 Å². The van der Waals surface area contributed by atoms with Crippen LogP contribution in [0.15, 0.2) is 59.7 Å². The molecular weight excluding hydrogens is 640 g/mol. The number of piperidine rings is 5. The maximum Gasteiger partial charge on any atom is 0.329 e. The fraction of sp³-hybridized carbons (Fsp3) is 0.571. The van der Waals surface area contributed by atoms with Gasteiger partial charge < -0.3 is 24.0 Å². The lowest BCUT2D eigenvalue weighted by molar-refractivity contribution is -0.158. The van der Waals surface area contributed by atoms with Crippen molar-refractivity contribution in [2.75, 3.05) is 64.4 Å². The van der Waals surface area contributed by atoms with Crippen molar-refractivity contribution >= 4 is 23.3 Å². The van der Waals surface area contributed by atoms with Crippen LogP contribution in [0.2, 0.25) is 0 Å². The van der Waals surface area contributed by atoms with Crippen LogP contribution in [0.1, 0.15) is 62.1 Å². The number of fused-ring (bicyclic) bond motifs is 6. The highest BCUT2D eigenvalue weighted by Gasteiger charge is 2.72. The monoisotopic (exact) mass is 690 g/mol. The summed E-state index contributed by atoms with van der Waals surface area (Å²) < 4.78 is 18.0. The van der Waals surface area contributed by atoms with Crippen molar-refractivity contribution in [3.05, 3.63) is 76.4 Å². The maximum absolute atomic E-state index is 14.3. The van der Waals surface area contributed by atoms with Crippen LogP contribution in [0.4, 0.5) is 11.4 Å². The highest BCUT2D eigenvalue weighted by Crippen LogP contribution is 2.69. The van der Waals surface area contributed by atoms with Crippen molar-refractivity contribution < 1.29 is 23.8 Å². The summed E-state index contributed by atoms with van der Waals surface area (Å²) in [4.78, 5) is 38.9. The Morgan fingerprint density at radius 3 is 2.35 bits per heavy atom. The van der Waals surface area contributed by atoms with Gasteiger partial charge in [0.2, 0.25) is 0 Å². The number of esters is 2. The Morgan fingerprint density at radius 1 is 0.863 bits per heavy atom. The van der Waals surface area contributed by atoms with Gasteiger partial charge in [0.1, 0.15) is 11.8 Å². The number of hydrogen-bond donors (Lipinski definition) is 0. The Balaban J connectivity index is 1.27. The van der Waals surface area contributed by atoms with E-state index in [9.17, 15) is 9.59 Å². The predicted molar refractivity (Wildman–Crippen MR) is 195 cm³/mol. The summed E-state index contributed by atoms with van der Waals surface area (Å²) in [5.74, 6) is 0.682. The molecule has 0 N–H and O–H groups in total. The van der Waals surface area contributed by atoms with Gasteiger partial charge in [0.05, 0.1) is 38.8 Å². The molecule has 5 saturated heterocycles. The van der Waals surface area contributed by atoms with Crippen LogP contribution in [0.5, 0.6) is 5.75 Å². The summed E-state index contributed by atoms with van der Waals surface area (Å²) in [5, 5.41) is 0. The lowest BCUT2D eigenvalue weighted by atomic mass is 9.49. The van der Waals surface area contributed by atoms with Crippen molar-refractivity contribution in [1.29, 1.82) is 0 Å². The molecule has 0 radical (unpaired) electrons. The maximum atomic E-state index is 14.3. The molecule has 51 heavy (non-hydrogen) atoms. The number of carbonyl (C=O) groups excluding carboxylic acids is 2. The van der Waals surface area contributed by atoms with E-state index < -0.39 is 17.0 Å². The normalized spacial score (nSPS) is 39.9. The van der Waals surface area contributed by atoms with Gasteiger partial charge in [0.25, 0.3) is 0 Å². The van der Waals surface area contributed by atoms with E-state index in [-0.39, 0.29) is 47.7 Å². The zero-order valence-electron chi connectivity index (χ0n) is 30.7. The number of para-hydroxylation sites is 1. The third-order valence-electron chi connectivity index (χ3n) is 15.3. The summed E-state index contributed by atoms with van der Waals surface area (Å²) in [7, 11) is 7.14. The first kappa shape index (κ1) is 31.9. The molecule has 268 valence electrons. The minimum atomic E-state index is -0.565. The first-order valence-electron chi connectivity index (χ1n) is 19.1. The number of ether oxygens (including phenoxy) is 3. The van der Waals surface area contributed by atoms with E-state index in [4.69, 9.17) is 14.2 Å². The predicted octanol–water partition coefficient (Wildman–Crippen LogP) is 4.99. The number of carbonyl (C=O) groups is 2. The van der Waals surface area contributed by atoms with Crippen LogP contribution in [0, 0.1) is 17.8 Å². The second-order valence-electron chi connectivity index (χ2n) is 16.4. The van der Waals surface area contributed by atoms with Gasteiger partial charge in [0, 0.05) is 72.5 Å². The minimum Gasteiger partial charge on any atom is -0.496 e. The summed E-state index contributed by atoms with van der Waals surface area (Å²) in [6.07, 6.45) is 8.22. The van der Waals surface area contributed by atoms with Gasteiger partial charge in [-0.05, 0) is 81.8 Å². The number of nitrogens with zero attached hydrogens (tertiary/aromatic N) is 4. The Hall–Kier alpha value is -3.82. The molecule has 5 bridgehead atoms. The van der Waals surface area contributed by atoms with Crippen molar-refractivity contribution in [3.63, 3.8) is 0 Å². The number of rotatable bonds is 4. The van der Waals surface area contributed by atoms with Crippen molar-refractivity contribution in [3.8, 4) is 5.75 Å². The van der Waals surface area contributed by atoms with Crippen LogP contribution >= 0.6 is 0 Å². The largest absolute Gasteiger partial charge is 0.496 e. The van der Waals surface area contributed by atoms with Gasteiger partial charge in [-0.25, -0.2) is 4.79 Å². The molecule has 10 rings (SSSR count). The first-order chi connectivity index (χ1) is 24.8. The molecule has 10 atom stereocenters. The van der Waals surface area contributed by atoms with Crippen LogP contribution in [-0.4, -0.2) is 100 Å². The van der Waals surface area contributed by atoms with Gasteiger partial charge in [-0.2, -0.15) is 0 Å². The highest BCUT2D eigenvalue weighted by molar-refractivity contribution is 5.87. The molecule has 0 aromatic heterocycles. The zero-order valence-corrected chi connectivity index (χ0v) is 30.7. The molecule has 0 unspecified atom stereocenters. The van der Waals surface area contributed by atoms with Crippen LogP contribution in [0.3, 0.4) is 0 Å². The average molecular weight is 691 g/mol. The molecule has 6 fully saturated rings. The molecule has 2 aromatic carbocycles. The zero-order chi connectivity index (χ0) is 35.1. The molecular formula is C42H50N4O5. The van der Waals surface area contributed by atoms with Crippen molar-refractivity contribution in [2.45, 2.75) is 80.6 Å². The molecule has 7 aliphatic heterocycles. The number of hydrogen-bond acceptors (Lipinski definition) is 9. The summed E-state index contributed by atoms with van der Waals surface area (Å²) in [6, 6.07) is 13.7. The van der Waals surface area contributed by atoms with Crippen LogP contribution < -0.4 is 14.5 Å². The molecule has 7 heterocycles. The first-order valence-corrected chi connectivity index (χ1v) is 19.1. The molecule has 0 amide bonds. The van der Waals surface area contributed by atoms with E-state index in [2.05, 4.69) is 89.0 Å². The number of anilines is 2. The van der Waals surface area contributed by atoms with E-state index in [1.165, 1.54) is 29.4 Å². The third kappa shape index (κ3) is 3.60. The fourth-order valence-electron chi connectivity index (χ4n) is 13.7. The van der Waals surface area contributed by atoms with Crippen LogP contribution in [-0.2, 0) is 30.0 Å². The lowest BCUT2D eigenvalue weighted by Crippen LogP contribution is -2.74. The molecule has 2 aromatic rings. The van der Waals surface area contributed by atoms with E-state index in [0.717, 1.165) is 74.6 Å². The summed E-state index contributed by atoms with van der Waals surface area (Å²) >= 11 is 0.